The van der Waals surface area contributed by atoms with Crippen molar-refractivity contribution in [2.24, 2.45) is 5.10 Å². The first-order valence-corrected chi connectivity index (χ1v) is 12.8. The molecule has 0 spiro atoms. The average Bonchev–Trinajstić information content (AvgIpc) is 2.92. The second-order valence-electron chi connectivity index (χ2n) is 8.34. The van der Waals surface area contributed by atoms with Crippen LogP contribution in [0.25, 0.3) is 0 Å². The summed E-state index contributed by atoms with van der Waals surface area (Å²) in [5, 5.41) is 16.7. The minimum atomic E-state index is -0.358. The molecule has 2 aromatic carbocycles. The van der Waals surface area contributed by atoms with Crippen LogP contribution in [-0.2, 0) is 20.9 Å². The van der Waals surface area contributed by atoms with Crippen LogP contribution in [0.15, 0.2) is 58.7 Å². The number of carbonyl (C=O) groups excluding carboxylic acids is 2. The molecule has 0 saturated heterocycles. The maximum absolute atomic E-state index is 12.3. The van der Waals surface area contributed by atoms with Crippen LogP contribution in [0, 0.1) is 25.2 Å². The van der Waals surface area contributed by atoms with Crippen molar-refractivity contribution in [3.63, 3.8) is 0 Å². The van der Waals surface area contributed by atoms with Gasteiger partial charge in [-0.3, -0.25) is 9.59 Å². The molecule has 3 aromatic rings. The normalized spacial score (nSPS) is 10.6. The molecule has 11 heteroatoms. The number of ether oxygens (including phenoxy) is 3. The number of nitrogens with one attached hydrogen (secondary N) is 2. The van der Waals surface area contributed by atoms with Crippen LogP contribution >= 0.6 is 11.8 Å². The van der Waals surface area contributed by atoms with Gasteiger partial charge < -0.3 is 19.5 Å². The Labute approximate surface area is 231 Å². The number of methoxy groups -OCH3 is 2. The van der Waals surface area contributed by atoms with E-state index in [-0.39, 0.29) is 30.8 Å². The third-order valence-electron chi connectivity index (χ3n) is 5.23. The molecule has 0 aliphatic rings. The van der Waals surface area contributed by atoms with Crippen LogP contribution < -0.4 is 20.2 Å². The van der Waals surface area contributed by atoms with Crippen LogP contribution in [0.3, 0.4) is 0 Å². The molecular formula is C28H29N5O5S. The van der Waals surface area contributed by atoms with Crippen molar-refractivity contribution in [2.45, 2.75) is 25.5 Å². The van der Waals surface area contributed by atoms with E-state index in [1.807, 2.05) is 38.1 Å². The van der Waals surface area contributed by atoms with Gasteiger partial charge >= 0.3 is 0 Å². The highest BCUT2D eigenvalue weighted by molar-refractivity contribution is 8.00. The minimum absolute atomic E-state index is 0.0235. The van der Waals surface area contributed by atoms with Crippen molar-refractivity contribution in [1.29, 1.82) is 5.26 Å². The third kappa shape index (κ3) is 8.84. The number of anilines is 1. The van der Waals surface area contributed by atoms with Gasteiger partial charge in [0.05, 0.1) is 31.2 Å². The number of amides is 2. The second kappa shape index (κ2) is 14.5. The predicted octanol–water partition coefficient (Wildman–Crippen LogP) is 3.99. The van der Waals surface area contributed by atoms with E-state index in [0.29, 0.717) is 33.3 Å². The van der Waals surface area contributed by atoms with E-state index < -0.39 is 0 Å². The molecule has 2 N–H and O–H groups in total. The van der Waals surface area contributed by atoms with Crippen LogP contribution in [0.4, 0.5) is 5.69 Å². The maximum atomic E-state index is 12.3. The number of aromatic nitrogens is 1. The van der Waals surface area contributed by atoms with E-state index in [1.54, 1.807) is 31.4 Å². The van der Waals surface area contributed by atoms with E-state index in [2.05, 4.69) is 26.9 Å². The molecule has 0 atom stereocenters. The van der Waals surface area contributed by atoms with Gasteiger partial charge in [-0.1, -0.05) is 29.5 Å². The van der Waals surface area contributed by atoms with Gasteiger partial charge in [-0.25, -0.2) is 10.4 Å². The number of nitrogens with zero attached hydrogens (tertiary/aromatic N) is 3. The number of thioether (sulfide) groups is 1. The van der Waals surface area contributed by atoms with Gasteiger partial charge in [0, 0.05) is 18.5 Å². The fourth-order valence-electron chi connectivity index (χ4n) is 3.41. The van der Waals surface area contributed by atoms with Crippen molar-refractivity contribution < 1.29 is 23.8 Å². The Hall–Kier alpha value is -4.40. The first-order chi connectivity index (χ1) is 18.8. The molecule has 202 valence electrons. The molecule has 0 fully saturated rings. The lowest BCUT2D eigenvalue weighted by Gasteiger charge is -2.11. The molecule has 2 amide bonds. The lowest BCUT2D eigenvalue weighted by Crippen LogP contribution is -2.20. The van der Waals surface area contributed by atoms with Crippen LogP contribution in [0.5, 0.6) is 11.5 Å². The number of hydrogen-bond donors (Lipinski definition) is 2. The number of aryl methyl sites for hydroxylation is 2. The van der Waals surface area contributed by atoms with E-state index in [4.69, 9.17) is 14.2 Å². The van der Waals surface area contributed by atoms with E-state index in [0.717, 1.165) is 28.6 Å². The number of pyridine rings is 1. The quantitative estimate of drug-likeness (QED) is 0.197. The molecule has 0 bridgehead atoms. The summed E-state index contributed by atoms with van der Waals surface area (Å²) in [5.74, 6) is 0.162. The topological polar surface area (TPSA) is 135 Å². The molecule has 0 saturated carbocycles. The summed E-state index contributed by atoms with van der Waals surface area (Å²) in [6.07, 6.45) is 1.46. The van der Waals surface area contributed by atoms with Crippen molar-refractivity contribution in [3.8, 4) is 17.6 Å². The van der Waals surface area contributed by atoms with Crippen molar-refractivity contribution in [2.75, 3.05) is 31.9 Å². The third-order valence-corrected chi connectivity index (χ3v) is 6.21. The molecule has 3 rings (SSSR count). The minimum Gasteiger partial charge on any atom is -0.493 e. The van der Waals surface area contributed by atoms with Crippen LogP contribution in [0.2, 0.25) is 0 Å². The summed E-state index contributed by atoms with van der Waals surface area (Å²) >= 11 is 1.15. The van der Waals surface area contributed by atoms with E-state index in [9.17, 15) is 14.9 Å². The molecule has 10 nitrogen and oxygen atoms in total. The number of benzene rings is 2. The zero-order chi connectivity index (χ0) is 28.2. The Morgan fingerprint density at radius 1 is 1.08 bits per heavy atom. The second-order valence-corrected chi connectivity index (χ2v) is 9.31. The van der Waals surface area contributed by atoms with Gasteiger partial charge in [0.25, 0.3) is 5.91 Å². The van der Waals surface area contributed by atoms with Gasteiger partial charge in [0.2, 0.25) is 5.91 Å². The van der Waals surface area contributed by atoms with Crippen molar-refractivity contribution in [1.82, 2.24) is 10.4 Å². The van der Waals surface area contributed by atoms with Crippen molar-refractivity contribution in [3.05, 3.63) is 76.5 Å². The van der Waals surface area contributed by atoms with E-state index >= 15 is 0 Å². The summed E-state index contributed by atoms with van der Waals surface area (Å²) in [6, 6.07) is 16.4. The summed E-state index contributed by atoms with van der Waals surface area (Å²) in [6.45, 7) is 3.88. The molecule has 0 unspecified atom stereocenters. The fourth-order valence-corrected chi connectivity index (χ4v) is 4.27. The summed E-state index contributed by atoms with van der Waals surface area (Å²) in [4.78, 5) is 28.9. The van der Waals surface area contributed by atoms with Crippen LogP contribution in [0.1, 0.15) is 27.9 Å². The number of rotatable bonds is 12. The first-order valence-electron chi connectivity index (χ1n) is 11.8. The highest BCUT2D eigenvalue weighted by Crippen LogP contribution is 2.28. The van der Waals surface area contributed by atoms with Crippen LogP contribution in [-0.4, -0.2) is 49.6 Å². The number of nitriles is 1. The van der Waals surface area contributed by atoms with Crippen molar-refractivity contribution >= 4 is 35.5 Å². The summed E-state index contributed by atoms with van der Waals surface area (Å²) < 4.78 is 16.1. The molecule has 1 aromatic heterocycles. The Kier molecular flexibility index (Phi) is 10.9. The maximum Gasteiger partial charge on any atom is 0.262 e. The molecule has 0 aliphatic heterocycles. The Bertz CT molecular complexity index is 1390. The Balaban J connectivity index is 1.53. The number of hydrogen-bond acceptors (Lipinski definition) is 9. The number of carbonyl (C=O) groups is 2. The summed E-state index contributed by atoms with van der Waals surface area (Å²) in [7, 11) is 3.04. The highest BCUT2D eigenvalue weighted by Gasteiger charge is 2.14. The molecule has 0 radical (unpaired) electrons. The molecular weight excluding hydrogens is 518 g/mol. The van der Waals surface area contributed by atoms with Gasteiger partial charge in [0.15, 0.2) is 18.1 Å². The molecule has 1 heterocycles. The summed E-state index contributed by atoms with van der Waals surface area (Å²) in [5.41, 5.74) is 6.74. The van der Waals surface area contributed by atoms with Gasteiger partial charge in [-0.15, -0.1) is 0 Å². The lowest BCUT2D eigenvalue weighted by molar-refractivity contribution is -0.119. The fraction of sp³-hybridized carbons (Fsp3) is 0.250. The number of hydrazone groups is 1. The lowest BCUT2D eigenvalue weighted by atomic mass is 10.1. The monoisotopic (exact) mass is 547 g/mol. The standard InChI is InChI=1S/C28H29N5O5S/c1-18-5-8-22(9-6-18)32-26(34)16-38-24-10-7-20(12-25(24)37-4)14-30-33-27(35)17-39-28-23(13-29)21(15-36-3)11-19(2)31-28/h5-12,14H,15-17H2,1-4H3,(H,32,34)(H,33,35)/b30-14-. The van der Waals surface area contributed by atoms with Gasteiger partial charge in [-0.2, -0.15) is 10.4 Å². The van der Waals surface area contributed by atoms with Gasteiger partial charge in [-0.05, 0) is 61.4 Å². The molecule has 39 heavy (non-hydrogen) atoms. The average molecular weight is 548 g/mol. The Morgan fingerprint density at radius 2 is 1.85 bits per heavy atom. The highest BCUT2D eigenvalue weighted by atomic mass is 32.2. The predicted molar refractivity (Wildman–Crippen MR) is 149 cm³/mol. The largest absolute Gasteiger partial charge is 0.493 e. The molecule has 0 aliphatic carbocycles. The van der Waals surface area contributed by atoms with E-state index in [1.165, 1.54) is 13.3 Å². The first kappa shape index (κ1) is 29.2. The van der Waals surface area contributed by atoms with Gasteiger partial charge in [0.1, 0.15) is 11.1 Å². The Morgan fingerprint density at radius 3 is 2.54 bits per heavy atom. The zero-order valence-corrected chi connectivity index (χ0v) is 22.9. The zero-order valence-electron chi connectivity index (χ0n) is 22.1. The smallest absolute Gasteiger partial charge is 0.262 e. The SMILES string of the molecule is COCc1cc(C)nc(SCC(=O)N/N=C\c2ccc(OCC(=O)Nc3ccc(C)cc3)c(OC)c2)c1C#N.